The Morgan fingerprint density at radius 3 is 2.75 bits per heavy atom. The van der Waals surface area contributed by atoms with Crippen molar-refractivity contribution in [1.29, 1.82) is 0 Å². The summed E-state index contributed by atoms with van der Waals surface area (Å²) in [7, 11) is 0. The fourth-order valence-electron chi connectivity index (χ4n) is 4.15. The molecule has 0 spiro atoms. The monoisotopic (exact) mass is 329 g/mol. The molecule has 0 bridgehead atoms. The Balaban J connectivity index is 1.65. The van der Waals surface area contributed by atoms with Crippen molar-refractivity contribution in [3.05, 3.63) is 28.8 Å². The van der Waals surface area contributed by atoms with Crippen molar-refractivity contribution in [3.63, 3.8) is 0 Å². The van der Waals surface area contributed by atoms with Gasteiger partial charge in [-0.25, -0.2) is 0 Å². The molecule has 0 unspecified atom stereocenters. The topological polar surface area (TPSA) is 55.4 Å². The average Bonchev–Trinajstić information content (AvgIpc) is 2.85. The second kappa shape index (κ2) is 6.96. The molecule has 4 nitrogen and oxygen atoms in total. The van der Waals surface area contributed by atoms with Crippen LogP contribution in [0.3, 0.4) is 0 Å². The van der Waals surface area contributed by atoms with Crippen LogP contribution < -0.4 is 10.1 Å². The highest BCUT2D eigenvalue weighted by molar-refractivity contribution is 6.04. The molecule has 0 saturated heterocycles. The van der Waals surface area contributed by atoms with Gasteiger partial charge in [0.2, 0.25) is 0 Å². The van der Waals surface area contributed by atoms with Gasteiger partial charge in [-0.2, -0.15) is 0 Å². The van der Waals surface area contributed by atoms with E-state index in [1.165, 1.54) is 19.3 Å². The summed E-state index contributed by atoms with van der Waals surface area (Å²) in [6.07, 6.45) is 5.17. The van der Waals surface area contributed by atoms with Crippen LogP contribution in [-0.4, -0.2) is 24.3 Å². The first kappa shape index (κ1) is 17.0. The highest BCUT2D eigenvalue weighted by Crippen LogP contribution is 2.40. The molecule has 0 aliphatic heterocycles. The Bertz CT molecular complexity index is 653. The van der Waals surface area contributed by atoms with Crippen molar-refractivity contribution in [2.45, 2.75) is 64.8 Å². The molecule has 24 heavy (non-hydrogen) atoms. The number of ketones is 1. The minimum Gasteiger partial charge on any atom is -0.483 e. The fourth-order valence-corrected chi connectivity index (χ4v) is 4.15. The fraction of sp³-hybridized carbons (Fsp3) is 0.600. The molecule has 1 fully saturated rings. The van der Waals surface area contributed by atoms with Gasteiger partial charge in [0, 0.05) is 12.5 Å². The smallest absolute Gasteiger partial charge is 0.258 e. The van der Waals surface area contributed by atoms with Gasteiger partial charge in [0.15, 0.2) is 12.4 Å². The lowest BCUT2D eigenvalue weighted by Gasteiger charge is -2.29. The van der Waals surface area contributed by atoms with Crippen molar-refractivity contribution in [3.8, 4) is 5.75 Å². The Morgan fingerprint density at radius 2 is 2.00 bits per heavy atom. The predicted octanol–water partition coefficient (Wildman–Crippen LogP) is 3.76. The predicted molar refractivity (Wildman–Crippen MR) is 93.6 cm³/mol. The highest BCUT2D eigenvalue weighted by atomic mass is 16.5. The van der Waals surface area contributed by atoms with Crippen LogP contribution >= 0.6 is 0 Å². The molecule has 3 atom stereocenters. The quantitative estimate of drug-likeness (QED) is 0.915. The van der Waals surface area contributed by atoms with E-state index in [1.807, 2.05) is 19.1 Å². The molecule has 130 valence electrons. The normalized spacial score (nSPS) is 26.1. The Kier molecular flexibility index (Phi) is 4.93. The number of carbonyl (C=O) groups excluding carboxylic acids is 2. The van der Waals surface area contributed by atoms with Gasteiger partial charge in [-0.1, -0.05) is 32.8 Å². The maximum Gasteiger partial charge on any atom is 0.258 e. The first-order chi connectivity index (χ1) is 11.5. The molecule has 3 rings (SSSR count). The van der Waals surface area contributed by atoms with E-state index in [9.17, 15) is 9.59 Å². The summed E-state index contributed by atoms with van der Waals surface area (Å²) in [6, 6.07) is 4.05. The highest BCUT2D eigenvalue weighted by Gasteiger charge is 2.31. The molecular weight excluding hydrogens is 302 g/mol. The molecule has 1 N–H and O–H groups in total. The van der Waals surface area contributed by atoms with Crippen LogP contribution in [0, 0.1) is 12.8 Å². The van der Waals surface area contributed by atoms with Crippen molar-refractivity contribution in [2.24, 2.45) is 5.92 Å². The van der Waals surface area contributed by atoms with Gasteiger partial charge >= 0.3 is 0 Å². The summed E-state index contributed by atoms with van der Waals surface area (Å²) in [5, 5.41) is 3.09. The third kappa shape index (κ3) is 3.33. The summed E-state index contributed by atoms with van der Waals surface area (Å²) in [5.74, 6) is 1.33. The number of aryl methyl sites for hydroxylation is 1. The first-order valence-corrected chi connectivity index (χ1v) is 9.06. The summed E-state index contributed by atoms with van der Waals surface area (Å²) >= 11 is 0. The molecule has 2 aliphatic rings. The zero-order chi connectivity index (χ0) is 17.3. The number of nitrogens with one attached hydrogen (secondary N) is 1. The van der Waals surface area contributed by atoms with Crippen molar-refractivity contribution in [1.82, 2.24) is 5.32 Å². The van der Waals surface area contributed by atoms with Crippen LogP contribution in [0.5, 0.6) is 5.75 Å². The van der Waals surface area contributed by atoms with E-state index in [0.717, 1.165) is 17.5 Å². The zero-order valence-electron chi connectivity index (χ0n) is 14.9. The molecule has 0 aromatic heterocycles. The number of fused-ring (bicyclic) bond motifs is 1. The summed E-state index contributed by atoms with van der Waals surface area (Å²) in [5.41, 5.74) is 2.89. The van der Waals surface area contributed by atoms with E-state index in [4.69, 9.17) is 4.74 Å². The maximum absolute atomic E-state index is 12.3. The summed E-state index contributed by atoms with van der Waals surface area (Å²) in [6.45, 7) is 6.25. The van der Waals surface area contributed by atoms with Crippen molar-refractivity contribution in [2.75, 3.05) is 6.61 Å². The molecule has 1 aromatic carbocycles. The molecule has 2 aliphatic carbocycles. The molecule has 4 heteroatoms. The molecule has 1 saturated carbocycles. The average molecular weight is 329 g/mol. The van der Waals surface area contributed by atoms with Crippen LogP contribution in [0.1, 0.15) is 73.4 Å². The second-order valence-corrected chi connectivity index (χ2v) is 7.42. The van der Waals surface area contributed by atoms with Crippen LogP contribution in [0.2, 0.25) is 0 Å². The second-order valence-electron chi connectivity index (χ2n) is 7.42. The number of hydrogen-bond donors (Lipinski definition) is 1. The lowest BCUT2D eigenvalue weighted by atomic mass is 9.86. The van der Waals surface area contributed by atoms with E-state index in [1.54, 1.807) is 0 Å². The zero-order valence-corrected chi connectivity index (χ0v) is 14.9. The number of benzene rings is 1. The van der Waals surface area contributed by atoms with E-state index in [-0.39, 0.29) is 30.3 Å². The molecule has 1 amide bonds. The van der Waals surface area contributed by atoms with Gasteiger partial charge in [0.1, 0.15) is 5.75 Å². The minimum absolute atomic E-state index is 0.0274. The SMILES string of the molecule is Cc1ccc(OCC(=O)N[C@@H]2CCCC[C@@H]2C)c2c1[C@H](C)CC2=O. The van der Waals surface area contributed by atoms with E-state index < -0.39 is 0 Å². The van der Waals surface area contributed by atoms with Gasteiger partial charge in [-0.3, -0.25) is 9.59 Å². The number of Topliss-reactive ketones (excluding diaryl/α,β-unsaturated/α-hetero) is 1. The van der Waals surface area contributed by atoms with E-state index in [2.05, 4.69) is 19.2 Å². The lowest BCUT2D eigenvalue weighted by Crippen LogP contribution is -2.43. The first-order valence-electron chi connectivity index (χ1n) is 9.06. The largest absolute Gasteiger partial charge is 0.483 e. The van der Waals surface area contributed by atoms with E-state index >= 15 is 0 Å². The van der Waals surface area contributed by atoms with Crippen molar-refractivity contribution >= 4 is 11.7 Å². The van der Waals surface area contributed by atoms with Crippen LogP contribution in [0.15, 0.2) is 12.1 Å². The number of rotatable bonds is 4. The van der Waals surface area contributed by atoms with Gasteiger partial charge in [0.05, 0.1) is 5.56 Å². The minimum atomic E-state index is -0.0958. The van der Waals surface area contributed by atoms with Crippen LogP contribution in [-0.2, 0) is 4.79 Å². The number of amides is 1. The Morgan fingerprint density at radius 1 is 1.25 bits per heavy atom. The van der Waals surface area contributed by atoms with E-state index in [0.29, 0.717) is 23.7 Å². The molecule has 0 radical (unpaired) electrons. The van der Waals surface area contributed by atoms with Gasteiger partial charge in [-0.15, -0.1) is 0 Å². The third-order valence-electron chi connectivity index (χ3n) is 5.51. The summed E-state index contributed by atoms with van der Waals surface area (Å²) in [4.78, 5) is 24.5. The van der Waals surface area contributed by atoms with Crippen LogP contribution in [0.25, 0.3) is 0 Å². The van der Waals surface area contributed by atoms with Crippen LogP contribution in [0.4, 0.5) is 0 Å². The maximum atomic E-state index is 12.3. The number of ether oxygens (including phenoxy) is 1. The number of carbonyl (C=O) groups is 2. The Hall–Kier alpha value is -1.84. The lowest BCUT2D eigenvalue weighted by molar-refractivity contribution is -0.124. The molecular formula is C20H27NO3. The summed E-state index contributed by atoms with van der Waals surface area (Å²) < 4.78 is 5.73. The standard InChI is InChI=1S/C20H27NO3/c1-12-6-4-5-7-15(12)21-18(23)11-24-17-9-8-13(2)19-14(3)10-16(22)20(17)19/h8-9,12,14-15H,4-7,10-11H2,1-3H3,(H,21,23)/t12-,14+,15+/m0/s1. The van der Waals surface area contributed by atoms with Gasteiger partial charge in [0.25, 0.3) is 5.91 Å². The molecule has 1 aromatic rings. The van der Waals surface area contributed by atoms with Gasteiger partial charge < -0.3 is 10.1 Å². The third-order valence-corrected chi connectivity index (χ3v) is 5.51. The number of hydrogen-bond acceptors (Lipinski definition) is 3. The Labute approximate surface area is 144 Å². The molecule has 0 heterocycles. The van der Waals surface area contributed by atoms with Gasteiger partial charge in [-0.05, 0) is 48.8 Å². The van der Waals surface area contributed by atoms with Crippen molar-refractivity contribution < 1.29 is 14.3 Å².